The quantitative estimate of drug-likeness (QED) is 0.496. The van der Waals surface area contributed by atoms with Crippen molar-refractivity contribution in [2.45, 2.75) is 27.7 Å². The summed E-state index contributed by atoms with van der Waals surface area (Å²) in [6.45, 7) is 7.59. The van der Waals surface area contributed by atoms with E-state index < -0.39 is 0 Å². The largest absolute Gasteiger partial charge is 0.566 e. The summed E-state index contributed by atoms with van der Waals surface area (Å²) in [5.74, 6) is 0.314. The minimum absolute atomic E-state index is 0.314. The van der Waals surface area contributed by atoms with Crippen molar-refractivity contribution in [2.24, 2.45) is 7.05 Å². The second-order valence-electron chi connectivity index (χ2n) is 4.74. The second kappa shape index (κ2) is 5.74. The lowest BCUT2D eigenvalue weighted by Crippen LogP contribution is -1.99. The summed E-state index contributed by atoms with van der Waals surface area (Å²) in [5.41, 5.74) is 3.32. The molecular weight excluding hydrogens is 283 g/mol. The Balaban J connectivity index is 2.77. The van der Waals surface area contributed by atoms with Crippen LogP contribution in [0.4, 0.5) is 0 Å². The molecule has 0 aliphatic carbocycles. The van der Waals surface area contributed by atoms with Crippen LogP contribution in [0.5, 0.6) is 0 Å². The fourth-order valence-electron chi connectivity index (χ4n) is 2.32. The average Bonchev–Trinajstić information content (AvgIpc) is 2.88. The number of rotatable bonds is 3. The van der Waals surface area contributed by atoms with Gasteiger partial charge in [0.25, 0.3) is 0 Å². The molecule has 2 aromatic rings. The second-order valence-corrected chi connectivity index (χ2v) is 6.15. The van der Waals surface area contributed by atoms with Crippen LogP contribution >= 0.6 is 11.3 Å². The van der Waals surface area contributed by atoms with Crippen LogP contribution in [-0.4, -0.2) is 22.8 Å². The Morgan fingerprint density at radius 1 is 1.33 bits per heavy atom. The van der Waals surface area contributed by atoms with Crippen molar-refractivity contribution in [1.82, 2.24) is 14.8 Å². The maximum Gasteiger partial charge on any atom is 0.374 e. The van der Waals surface area contributed by atoms with Crippen molar-refractivity contribution in [1.29, 1.82) is 5.26 Å². The molecule has 21 heavy (non-hydrogen) atoms. The van der Waals surface area contributed by atoms with Gasteiger partial charge < -0.3 is 4.65 Å². The average molecular weight is 298 g/mol. The number of nitriles is 1. The summed E-state index contributed by atoms with van der Waals surface area (Å²) in [5, 5.41) is 14.8. The first-order chi connectivity index (χ1) is 9.90. The zero-order chi connectivity index (χ0) is 15.7. The van der Waals surface area contributed by atoms with Crippen LogP contribution in [0.15, 0.2) is 0 Å². The van der Waals surface area contributed by atoms with Crippen LogP contribution in [0.2, 0.25) is 0 Å². The fourth-order valence-corrected chi connectivity index (χ4v) is 3.14. The molecule has 0 saturated heterocycles. The van der Waals surface area contributed by atoms with Crippen molar-refractivity contribution in [3.8, 4) is 6.07 Å². The molecule has 0 amide bonds. The van der Waals surface area contributed by atoms with Gasteiger partial charge in [-0.25, -0.2) is 4.98 Å². The standard InChI is InChI=1S/C14H15BN4OS/c1-7-12(8(2)19(5)18-7)14(20-15)11(6-16)13-9(3)21-10(4)17-13/h1-5H3. The number of thiazole rings is 1. The van der Waals surface area contributed by atoms with Gasteiger partial charge in [0.1, 0.15) is 17.4 Å². The van der Waals surface area contributed by atoms with Gasteiger partial charge in [-0.15, -0.1) is 11.3 Å². The van der Waals surface area contributed by atoms with Crippen LogP contribution in [0, 0.1) is 39.0 Å². The molecule has 0 unspecified atom stereocenters. The molecule has 0 aliphatic heterocycles. The Morgan fingerprint density at radius 3 is 2.38 bits per heavy atom. The van der Waals surface area contributed by atoms with Gasteiger partial charge in [0.05, 0.1) is 22.0 Å². The van der Waals surface area contributed by atoms with Gasteiger partial charge in [-0.2, -0.15) is 10.4 Å². The molecular formula is C14H15BN4OS. The third-order valence-corrected chi connectivity index (χ3v) is 4.22. The number of aryl methyl sites for hydroxylation is 4. The van der Waals surface area contributed by atoms with Gasteiger partial charge in [-0.05, 0) is 27.7 Å². The molecule has 0 N–H and O–H groups in total. The van der Waals surface area contributed by atoms with Crippen molar-refractivity contribution in [3.05, 3.63) is 32.5 Å². The summed E-state index contributed by atoms with van der Waals surface area (Å²) >= 11 is 1.54. The Labute approximate surface area is 129 Å². The van der Waals surface area contributed by atoms with E-state index in [1.807, 2.05) is 34.7 Å². The number of aromatic nitrogens is 3. The van der Waals surface area contributed by atoms with Crippen molar-refractivity contribution in [2.75, 3.05) is 0 Å². The SMILES string of the molecule is [B]OC(=C(C#N)c1nc(C)sc1C)c1c(C)nn(C)c1C. The third-order valence-electron chi connectivity index (χ3n) is 3.33. The highest BCUT2D eigenvalue weighted by atomic mass is 32.1. The fraction of sp³-hybridized carbons (Fsp3) is 0.357. The first-order valence-electron chi connectivity index (χ1n) is 6.36. The molecule has 2 rings (SSSR count). The number of hydrogen-bond donors (Lipinski definition) is 0. The summed E-state index contributed by atoms with van der Waals surface area (Å²) in [6, 6.07) is 2.17. The minimum Gasteiger partial charge on any atom is -0.566 e. The van der Waals surface area contributed by atoms with Crippen molar-refractivity contribution < 1.29 is 4.65 Å². The monoisotopic (exact) mass is 298 g/mol. The summed E-state index contributed by atoms with van der Waals surface area (Å²) < 4.78 is 6.79. The van der Waals surface area contributed by atoms with Gasteiger partial charge in [0, 0.05) is 17.6 Å². The zero-order valence-electron chi connectivity index (χ0n) is 12.7. The molecule has 106 valence electrons. The Morgan fingerprint density at radius 2 is 2.00 bits per heavy atom. The van der Waals surface area contributed by atoms with Crippen LogP contribution in [0.25, 0.3) is 11.3 Å². The van der Waals surface area contributed by atoms with Crippen LogP contribution < -0.4 is 0 Å². The highest BCUT2D eigenvalue weighted by Crippen LogP contribution is 2.32. The van der Waals surface area contributed by atoms with Gasteiger partial charge in [-0.1, -0.05) is 0 Å². The summed E-state index contributed by atoms with van der Waals surface area (Å²) in [7, 11) is 7.29. The van der Waals surface area contributed by atoms with Gasteiger partial charge >= 0.3 is 8.05 Å². The van der Waals surface area contributed by atoms with E-state index in [2.05, 4.69) is 16.2 Å². The normalized spacial score (nSPS) is 12.0. The molecule has 7 heteroatoms. The summed E-state index contributed by atoms with van der Waals surface area (Å²) in [4.78, 5) is 5.37. The Hall–Kier alpha value is -2.07. The lowest BCUT2D eigenvalue weighted by Gasteiger charge is -2.10. The van der Waals surface area contributed by atoms with E-state index in [1.54, 1.807) is 4.68 Å². The van der Waals surface area contributed by atoms with E-state index in [9.17, 15) is 5.26 Å². The molecule has 2 heterocycles. The van der Waals surface area contributed by atoms with Gasteiger partial charge in [0.2, 0.25) is 0 Å². The molecule has 2 radical (unpaired) electrons. The smallest absolute Gasteiger partial charge is 0.374 e. The Bertz CT molecular complexity index is 767. The van der Waals surface area contributed by atoms with E-state index in [0.29, 0.717) is 17.0 Å². The number of nitrogens with zero attached hydrogens (tertiary/aromatic N) is 4. The maximum absolute atomic E-state index is 9.56. The van der Waals surface area contributed by atoms with Crippen LogP contribution in [-0.2, 0) is 11.7 Å². The zero-order valence-corrected chi connectivity index (χ0v) is 13.5. The molecule has 0 saturated carbocycles. The van der Waals surface area contributed by atoms with Gasteiger partial charge in [0.15, 0.2) is 0 Å². The molecule has 5 nitrogen and oxygen atoms in total. The van der Waals surface area contributed by atoms with E-state index in [0.717, 1.165) is 26.8 Å². The lowest BCUT2D eigenvalue weighted by atomic mass is 10.0. The predicted molar refractivity (Wildman–Crippen MR) is 83.5 cm³/mol. The van der Waals surface area contributed by atoms with E-state index in [-0.39, 0.29) is 0 Å². The molecule has 0 aromatic carbocycles. The highest BCUT2D eigenvalue weighted by molar-refractivity contribution is 7.11. The molecule has 0 atom stereocenters. The number of hydrogen-bond acceptors (Lipinski definition) is 5. The summed E-state index contributed by atoms with van der Waals surface area (Å²) in [6.07, 6.45) is 0. The maximum atomic E-state index is 9.56. The molecule has 0 spiro atoms. The third kappa shape index (κ3) is 2.59. The van der Waals surface area contributed by atoms with Crippen LogP contribution in [0.3, 0.4) is 0 Å². The Kier molecular flexibility index (Phi) is 4.19. The first-order valence-corrected chi connectivity index (χ1v) is 7.18. The lowest BCUT2D eigenvalue weighted by molar-refractivity contribution is 0.573. The van der Waals surface area contributed by atoms with Crippen LogP contribution in [0.1, 0.15) is 32.5 Å². The van der Waals surface area contributed by atoms with E-state index >= 15 is 0 Å². The van der Waals surface area contributed by atoms with E-state index in [1.165, 1.54) is 11.3 Å². The topological polar surface area (TPSA) is 63.7 Å². The minimum atomic E-state index is 0.314. The highest BCUT2D eigenvalue weighted by Gasteiger charge is 2.22. The van der Waals surface area contributed by atoms with Gasteiger partial charge in [-0.3, -0.25) is 4.68 Å². The molecule has 0 aliphatic rings. The van der Waals surface area contributed by atoms with Crippen molar-refractivity contribution >= 4 is 30.7 Å². The molecule has 0 fully saturated rings. The number of allylic oxidation sites excluding steroid dienone is 1. The molecule has 0 bridgehead atoms. The predicted octanol–water partition coefficient (Wildman–Crippen LogP) is 2.60. The first kappa shape index (κ1) is 15.3. The van der Waals surface area contributed by atoms with E-state index in [4.69, 9.17) is 12.7 Å². The van der Waals surface area contributed by atoms with Crippen molar-refractivity contribution in [3.63, 3.8) is 0 Å². The molecule has 2 aromatic heterocycles.